The molecule has 0 aliphatic carbocycles. The first-order valence-electron chi connectivity index (χ1n) is 1.52. The molecule has 0 nitrogen and oxygen atoms in total. The average molecular weight is 72.2 g/mol. The Labute approximate surface area is 29.4 Å². The molecule has 0 aliphatic rings. The van der Waals surface area contributed by atoms with Crippen molar-refractivity contribution < 1.29 is 0 Å². The summed E-state index contributed by atoms with van der Waals surface area (Å²) in [6.45, 7) is 5.74. The molecule has 0 N–H and O–H groups in total. The second kappa shape index (κ2) is 2.96. The van der Waals surface area contributed by atoms with Crippen molar-refractivity contribution in [2.45, 2.75) is 6.55 Å². The summed E-state index contributed by atoms with van der Waals surface area (Å²) in [7, 11) is 0.188. The maximum atomic E-state index is 3.54. The van der Waals surface area contributed by atoms with E-state index in [1.807, 2.05) is 5.70 Å². The lowest BCUT2D eigenvalue weighted by Crippen LogP contribution is -1.61. The first-order valence-corrected chi connectivity index (χ1v) is 3.75. The molecule has 0 saturated carbocycles. The van der Waals surface area contributed by atoms with Gasteiger partial charge in [-0.15, -0.1) is 12.3 Å². The van der Waals surface area contributed by atoms with E-state index in [1.54, 1.807) is 0 Å². The summed E-state index contributed by atoms with van der Waals surface area (Å²) in [5.74, 6) is 0. The van der Waals surface area contributed by atoms with Crippen molar-refractivity contribution in [3.63, 3.8) is 0 Å². The predicted octanol–water partition coefficient (Wildman–Crippen LogP) is 0.347. The summed E-state index contributed by atoms with van der Waals surface area (Å²) in [5, 5.41) is 0. The molecule has 0 rings (SSSR count). The Kier molecular flexibility index (Phi) is 2.93. The normalized spacial score (nSPS) is 9.25. The SMILES string of the molecule is C=C[SiH2]C. The van der Waals surface area contributed by atoms with Gasteiger partial charge in [0, 0.05) is 9.52 Å². The van der Waals surface area contributed by atoms with Gasteiger partial charge in [-0.05, 0) is 0 Å². The summed E-state index contributed by atoms with van der Waals surface area (Å²) in [6, 6.07) is 0. The molecule has 0 aromatic rings. The second-order valence-electron chi connectivity index (χ2n) is 0.697. The Morgan fingerprint density at radius 1 is 2.00 bits per heavy atom. The molecule has 1 heteroatoms. The van der Waals surface area contributed by atoms with E-state index in [0.29, 0.717) is 0 Å². The molecule has 0 radical (unpaired) electrons. The van der Waals surface area contributed by atoms with Crippen LogP contribution in [0.2, 0.25) is 6.55 Å². The molecular formula is C3H8Si. The quantitative estimate of drug-likeness (QED) is 0.392. The zero-order valence-corrected chi connectivity index (χ0v) is 4.41. The average Bonchev–Trinajstić information content (AvgIpc) is 1.37. The molecule has 0 aromatic heterocycles. The molecule has 0 heterocycles. The lowest BCUT2D eigenvalue weighted by Gasteiger charge is -1.55. The van der Waals surface area contributed by atoms with Crippen molar-refractivity contribution in [3.05, 3.63) is 12.3 Å². The third-order valence-corrected chi connectivity index (χ3v) is 0.866. The van der Waals surface area contributed by atoms with Crippen molar-refractivity contribution in [1.29, 1.82) is 0 Å². The van der Waals surface area contributed by atoms with Crippen molar-refractivity contribution in [2.75, 3.05) is 0 Å². The van der Waals surface area contributed by atoms with Crippen LogP contribution in [0.25, 0.3) is 0 Å². The molecule has 0 saturated heterocycles. The van der Waals surface area contributed by atoms with E-state index in [-0.39, 0.29) is 9.52 Å². The molecule has 0 aliphatic heterocycles. The number of rotatable bonds is 1. The number of hydrogen-bond acceptors (Lipinski definition) is 0. The van der Waals surface area contributed by atoms with Gasteiger partial charge in [-0.2, -0.15) is 0 Å². The van der Waals surface area contributed by atoms with Crippen molar-refractivity contribution >= 4 is 9.52 Å². The zero-order valence-electron chi connectivity index (χ0n) is 2.99. The third-order valence-electron chi connectivity index (χ3n) is 0.289. The standard InChI is InChI=1S/C3H8Si/c1-3-4-2/h3H,1,4H2,2H3. The highest BCUT2D eigenvalue weighted by atomic mass is 28.2. The largest absolute Gasteiger partial charge is 0.109 e. The van der Waals surface area contributed by atoms with Crippen LogP contribution in [0.4, 0.5) is 0 Å². The van der Waals surface area contributed by atoms with Crippen LogP contribution in [-0.4, -0.2) is 9.52 Å². The Hall–Kier alpha value is -0.0431. The van der Waals surface area contributed by atoms with Gasteiger partial charge in [0.25, 0.3) is 0 Å². The van der Waals surface area contributed by atoms with E-state index in [4.69, 9.17) is 0 Å². The maximum Gasteiger partial charge on any atom is 0.0415 e. The van der Waals surface area contributed by atoms with E-state index in [9.17, 15) is 0 Å². The molecule has 0 aromatic carbocycles. The molecule has 0 amide bonds. The van der Waals surface area contributed by atoms with Gasteiger partial charge in [-0.3, -0.25) is 0 Å². The van der Waals surface area contributed by atoms with Crippen LogP contribution in [0.5, 0.6) is 0 Å². The summed E-state index contributed by atoms with van der Waals surface area (Å²) in [5.41, 5.74) is 2.01. The Balaban J connectivity index is 2.30. The van der Waals surface area contributed by atoms with Crippen molar-refractivity contribution in [2.24, 2.45) is 0 Å². The first kappa shape index (κ1) is 3.96. The molecule has 24 valence electrons. The molecule has 0 spiro atoms. The smallest absolute Gasteiger partial charge is 0.0415 e. The van der Waals surface area contributed by atoms with Crippen LogP contribution < -0.4 is 0 Å². The van der Waals surface area contributed by atoms with Crippen LogP contribution in [0.15, 0.2) is 12.3 Å². The van der Waals surface area contributed by atoms with Gasteiger partial charge in [-0.1, -0.05) is 6.55 Å². The van der Waals surface area contributed by atoms with Gasteiger partial charge in [-0.25, -0.2) is 0 Å². The fourth-order valence-corrected chi connectivity index (χ4v) is 0. The summed E-state index contributed by atoms with van der Waals surface area (Å²) in [6.07, 6.45) is 0. The molecule has 4 heavy (non-hydrogen) atoms. The minimum absolute atomic E-state index is 0.188. The maximum absolute atomic E-state index is 3.54. The minimum atomic E-state index is 0.188. The minimum Gasteiger partial charge on any atom is -0.109 e. The highest BCUT2D eigenvalue weighted by Crippen LogP contribution is 1.48. The van der Waals surface area contributed by atoms with Crippen LogP contribution >= 0.6 is 0 Å². The van der Waals surface area contributed by atoms with Crippen molar-refractivity contribution in [3.8, 4) is 0 Å². The van der Waals surface area contributed by atoms with E-state index in [0.717, 1.165) is 0 Å². The molecule has 0 atom stereocenters. The fourth-order valence-electron chi connectivity index (χ4n) is 0. The molecule has 0 bridgehead atoms. The van der Waals surface area contributed by atoms with Crippen molar-refractivity contribution in [1.82, 2.24) is 0 Å². The van der Waals surface area contributed by atoms with Gasteiger partial charge in [0.1, 0.15) is 0 Å². The molecule has 0 fully saturated rings. The van der Waals surface area contributed by atoms with Gasteiger partial charge in [0.15, 0.2) is 0 Å². The monoisotopic (exact) mass is 72.0 g/mol. The Morgan fingerprint density at radius 3 is 2.25 bits per heavy atom. The van der Waals surface area contributed by atoms with Crippen LogP contribution in [0, 0.1) is 0 Å². The van der Waals surface area contributed by atoms with E-state index < -0.39 is 0 Å². The van der Waals surface area contributed by atoms with Crippen LogP contribution in [-0.2, 0) is 0 Å². The Morgan fingerprint density at radius 2 is 2.25 bits per heavy atom. The second-order valence-corrected chi connectivity index (χ2v) is 2.09. The third kappa shape index (κ3) is 1.96. The van der Waals surface area contributed by atoms with Crippen LogP contribution in [0.1, 0.15) is 0 Å². The van der Waals surface area contributed by atoms with Gasteiger partial charge >= 0.3 is 0 Å². The zero-order chi connectivity index (χ0) is 3.41. The lowest BCUT2D eigenvalue weighted by molar-refractivity contribution is 2.26. The first-order chi connectivity index (χ1) is 1.91. The molecule has 0 unspecified atom stereocenters. The van der Waals surface area contributed by atoms with Gasteiger partial charge in [0.2, 0.25) is 0 Å². The molecular weight excluding hydrogens is 64.1 g/mol. The van der Waals surface area contributed by atoms with Crippen LogP contribution in [0.3, 0.4) is 0 Å². The number of hydrogen-bond donors (Lipinski definition) is 0. The van der Waals surface area contributed by atoms with E-state index >= 15 is 0 Å². The highest BCUT2D eigenvalue weighted by molar-refractivity contribution is 6.39. The predicted molar refractivity (Wildman–Crippen MR) is 24.6 cm³/mol. The fraction of sp³-hybridized carbons (Fsp3) is 0.333. The van der Waals surface area contributed by atoms with Gasteiger partial charge < -0.3 is 0 Å². The summed E-state index contributed by atoms with van der Waals surface area (Å²) in [4.78, 5) is 0. The highest BCUT2D eigenvalue weighted by Gasteiger charge is 1.48. The van der Waals surface area contributed by atoms with E-state index in [2.05, 4.69) is 13.1 Å². The van der Waals surface area contributed by atoms with E-state index in [1.165, 1.54) is 0 Å². The Bertz CT molecular complexity index is 17.2. The summed E-state index contributed by atoms with van der Waals surface area (Å²) < 4.78 is 0. The van der Waals surface area contributed by atoms with Gasteiger partial charge in [0.05, 0.1) is 0 Å². The summed E-state index contributed by atoms with van der Waals surface area (Å²) >= 11 is 0. The lowest BCUT2D eigenvalue weighted by atomic mass is 11.3. The topological polar surface area (TPSA) is 0 Å².